The van der Waals surface area contributed by atoms with E-state index in [-0.39, 0.29) is 28.7 Å². The van der Waals surface area contributed by atoms with E-state index in [1.54, 1.807) is 7.05 Å². The molecule has 1 saturated heterocycles. The second-order valence-electron chi connectivity index (χ2n) is 5.62. The fourth-order valence-corrected chi connectivity index (χ4v) is 4.48. The summed E-state index contributed by atoms with van der Waals surface area (Å²) in [6, 6.07) is 3.67. The Kier molecular flexibility index (Phi) is 8.29. The molecule has 1 aromatic heterocycles. The largest absolute Gasteiger partial charge is 0.386 e. The van der Waals surface area contributed by atoms with Crippen molar-refractivity contribution < 1.29 is 5.11 Å². The number of nitrogens with zero attached hydrogens (tertiary/aromatic N) is 2. The topological polar surface area (TPSA) is 47.9 Å². The van der Waals surface area contributed by atoms with Crippen molar-refractivity contribution in [2.75, 3.05) is 32.4 Å². The second kappa shape index (κ2) is 8.96. The van der Waals surface area contributed by atoms with Crippen molar-refractivity contribution in [2.24, 2.45) is 4.99 Å². The van der Waals surface area contributed by atoms with Crippen molar-refractivity contribution in [3.8, 4) is 0 Å². The molecule has 0 amide bonds. The minimum atomic E-state index is -0.563. The molecule has 4 nitrogen and oxygen atoms in total. The molecule has 2 N–H and O–H groups in total. The number of halogens is 2. The Morgan fingerprint density at radius 1 is 1.55 bits per heavy atom. The Hall–Kier alpha value is 0.300. The highest BCUT2D eigenvalue weighted by Crippen LogP contribution is 2.29. The first kappa shape index (κ1) is 20.3. The SMILES string of the molecule is CN=C(NCC(O)c1ccc(Cl)s1)N1CCSC(C)(C)C1.I. The first-order valence-corrected chi connectivity index (χ1v) is 9.12. The van der Waals surface area contributed by atoms with Crippen molar-refractivity contribution in [3.63, 3.8) is 0 Å². The van der Waals surface area contributed by atoms with Crippen LogP contribution in [0.3, 0.4) is 0 Å². The first-order valence-electron chi connectivity index (χ1n) is 6.94. The summed E-state index contributed by atoms with van der Waals surface area (Å²) in [5.74, 6) is 1.95. The van der Waals surface area contributed by atoms with Crippen molar-refractivity contribution >= 4 is 64.6 Å². The third-order valence-corrected chi connectivity index (χ3v) is 5.94. The number of thioether (sulfide) groups is 1. The fraction of sp³-hybridized carbons (Fsp3) is 0.643. The van der Waals surface area contributed by atoms with E-state index in [2.05, 4.69) is 29.1 Å². The molecule has 2 rings (SSSR count). The molecule has 1 unspecified atom stereocenters. The Balaban J connectivity index is 0.00000242. The quantitative estimate of drug-likeness (QED) is 0.399. The number of nitrogens with one attached hydrogen (secondary N) is 1. The highest BCUT2D eigenvalue weighted by molar-refractivity contribution is 14.0. The van der Waals surface area contributed by atoms with Crippen LogP contribution < -0.4 is 5.32 Å². The highest BCUT2D eigenvalue weighted by atomic mass is 127. The molecular formula is C14H23ClIN3OS2. The number of guanidine groups is 1. The number of aliphatic hydroxyl groups excluding tert-OH is 1. The molecule has 0 spiro atoms. The molecule has 0 aromatic carbocycles. The normalized spacial score (nSPS) is 19.5. The highest BCUT2D eigenvalue weighted by Gasteiger charge is 2.28. The molecule has 1 fully saturated rings. The summed E-state index contributed by atoms with van der Waals surface area (Å²) in [6.07, 6.45) is -0.563. The summed E-state index contributed by atoms with van der Waals surface area (Å²) in [5.41, 5.74) is 0. The maximum Gasteiger partial charge on any atom is 0.193 e. The molecule has 22 heavy (non-hydrogen) atoms. The van der Waals surface area contributed by atoms with Crippen LogP contribution in [0.15, 0.2) is 17.1 Å². The lowest BCUT2D eigenvalue weighted by Gasteiger charge is -2.39. The zero-order valence-electron chi connectivity index (χ0n) is 13.0. The molecule has 1 aromatic rings. The Labute approximate surface area is 162 Å². The molecule has 8 heteroatoms. The van der Waals surface area contributed by atoms with Crippen LogP contribution in [0.1, 0.15) is 24.8 Å². The number of rotatable bonds is 3. The number of aliphatic hydroxyl groups is 1. The number of aliphatic imine (C=N–C) groups is 1. The summed E-state index contributed by atoms with van der Waals surface area (Å²) < 4.78 is 0.929. The van der Waals surface area contributed by atoms with Gasteiger partial charge in [-0.15, -0.1) is 35.3 Å². The average molecular weight is 476 g/mol. The van der Waals surface area contributed by atoms with Crippen LogP contribution in [-0.2, 0) is 0 Å². The molecular weight excluding hydrogens is 453 g/mol. The Morgan fingerprint density at radius 3 is 2.82 bits per heavy atom. The van der Waals surface area contributed by atoms with Crippen LogP contribution in [-0.4, -0.2) is 53.1 Å². The van der Waals surface area contributed by atoms with Gasteiger partial charge in [0.05, 0.1) is 4.34 Å². The Morgan fingerprint density at radius 2 is 2.27 bits per heavy atom. The van der Waals surface area contributed by atoms with Gasteiger partial charge in [-0.1, -0.05) is 11.6 Å². The van der Waals surface area contributed by atoms with Crippen molar-refractivity contribution in [2.45, 2.75) is 24.7 Å². The van der Waals surface area contributed by atoms with Gasteiger partial charge >= 0.3 is 0 Å². The van der Waals surface area contributed by atoms with Gasteiger partial charge in [-0.25, -0.2) is 0 Å². The Bertz CT molecular complexity index is 510. The van der Waals surface area contributed by atoms with E-state index < -0.39 is 6.10 Å². The van der Waals surface area contributed by atoms with Crippen LogP contribution in [0.5, 0.6) is 0 Å². The molecule has 0 saturated carbocycles. The van der Waals surface area contributed by atoms with Crippen LogP contribution in [0, 0.1) is 0 Å². The van der Waals surface area contributed by atoms with Gasteiger partial charge in [-0.3, -0.25) is 4.99 Å². The van der Waals surface area contributed by atoms with E-state index >= 15 is 0 Å². The monoisotopic (exact) mass is 475 g/mol. The zero-order valence-corrected chi connectivity index (χ0v) is 17.7. The van der Waals surface area contributed by atoms with Crippen LogP contribution in [0.4, 0.5) is 0 Å². The van der Waals surface area contributed by atoms with E-state index in [0.29, 0.717) is 10.9 Å². The molecule has 1 atom stereocenters. The summed E-state index contributed by atoms with van der Waals surface area (Å²) in [6.45, 7) is 6.87. The smallest absolute Gasteiger partial charge is 0.193 e. The fourth-order valence-electron chi connectivity index (χ4n) is 2.33. The first-order chi connectivity index (χ1) is 9.91. The van der Waals surface area contributed by atoms with E-state index in [0.717, 1.165) is 29.7 Å². The second-order valence-corrected chi connectivity index (χ2v) is 9.16. The number of hydrogen-bond donors (Lipinski definition) is 2. The van der Waals surface area contributed by atoms with Gasteiger partial charge in [-0.05, 0) is 26.0 Å². The van der Waals surface area contributed by atoms with Gasteiger partial charge in [0.1, 0.15) is 6.10 Å². The number of thiophene rings is 1. The maximum absolute atomic E-state index is 10.2. The van der Waals surface area contributed by atoms with Gasteiger partial charge in [0.25, 0.3) is 0 Å². The maximum atomic E-state index is 10.2. The van der Waals surface area contributed by atoms with E-state index in [4.69, 9.17) is 11.6 Å². The predicted octanol–water partition coefficient (Wildman–Crippen LogP) is 3.46. The third kappa shape index (κ3) is 5.74. The summed E-state index contributed by atoms with van der Waals surface area (Å²) in [4.78, 5) is 7.46. The van der Waals surface area contributed by atoms with Gasteiger partial charge in [0, 0.05) is 42.1 Å². The predicted molar refractivity (Wildman–Crippen MR) is 109 cm³/mol. The van der Waals surface area contributed by atoms with Crippen molar-refractivity contribution in [3.05, 3.63) is 21.3 Å². The minimum absolute atomic E-state index is 0. The molecule has 0 radical (unpaired) electrons. The summed E-state index contributed by atoms with van der Waals surface area (Å²) in [7, 11) is 1.78. The molecule has 126 valence electrons. The summed E-state index contributed by atoms with van der Waals surface area (Å²) in [5, 5.41) is 13.5. The third-order valence-electron chi connectivity index (χ3n) is 3.31. The summed E-state index contributed by atoms with van der Waals surface area (Å²) >= 11 is 9.30. The van der Waals surface area contributed by atoms with E-state index in [1.165, 1.54) is 11.3 Å². The molecule has 0 bridgehead atoms. The molecule has 2 heterocycles. The lowest BCUT2D eigenvalue weighted by molar-refractivity contribution is 0.183. The van der Waals surface area contributed by atoms with Crippen molar-refractivity contribution in [1.82, 2.24) is 10.2 Å². The van der Waals surface area contributed by atoms with E-state index in [1.807, 2.05) is 23.9 Å². The number of hydrogen-bond acceptors (Lipinski definition) is 4. The van der Waals surface area contributed by atoms with Crippen LogP contribution in [0.25, 0.3) is 0 Å². The molecule has 1 aliphatic rings. The van der Waals surface area contributed by atoms with Gasteiger partial charge in [0.15, 0.2) is 5.96 Å². The molecule has 0 aliphatic carbocycles. The van der Waals surface area contributed by atoms with Crippen LogP contribution in [0.2, 0.25) is 4.34 Å². The lowest BCUT2D eigenvalue weighted by Crippen LogP contribution is -2.51. The van der Waals surface area contributed by atoms with Gasteiger partial charge in [-0.2, -0.15) is 11.8 Å². The lowest BCUT2D eigenvalue weighted by atomic mass is 10.2. The van der Waals surface area contributed by atoms with Crippen molar-refractivity contribution in [1.29, 1.82) is 0 Å². The van der Waals surface area contributed by atoms with Gasteiger partial charge < -0.3 is 15.3 Å². The van der Waals surface area contributed by atoms with E-state index in [9.17, 15) is 5.11 Å². The standard InChI is InChI=1S/C14H22ClN3OS2.HI/c1-14(2)9-18(6-7-20-14)13(16-3)17-8-10(19)11-4-5-12(15)21-11;/h4-5,10,19H,6-9H2,1-3H3,(H,16,17);1H. The minimum Gasteiger partial charge on any atom is -0.386 e. The molecule has 1 aliphatic heterocycles. The average Bonchev–Trinajstić information content (AvgIpc) is 2.85. The van der Waals surface area contributed by atoms with Crippen LogP contribution >= 0.6 is 58.7 Å². The van der Waals surface area contributed by atoms with Gasteiger partial charge in [0.2, 0.25) is 0 Å². The zero-order chi connectivity index (χ0) is 15.5.